The highest BCUT2D eigenvalue weighted by Gasteiger charge is 2.23. The Kier molecular flexibility index (Phi) is 3.66. The minimum Gasteiger partial charge on any atom is -0.310 e. The maximum atomic E-state index is 11.3. The summed E-state index contributed by atoms with van der Waals surface area (Å²) in [7, 11) is -3.81. The van der Waals surface area contributed by atoms with Gasteiger partial charge in [-0.3, -0.25) is 0 Å². The number of benzene rings is 1. The number of rotatable bonds is 4. The molecule has 0 unspecified atom stereocenters. The molecular weight excluding hydrogens is 283 g/mol. The average molecular weight is 295 g/mol. The Hall–Kier alpha value is -0.330. The van der Waals surface area contributed by atoms with Crippen LogP contribution in [0.25, 0.3) is 0 Å². The van der Waals surface area contributed by atoms with Gasteiger partial charge in [0.25, 0.3) is 0 Å². The number of hydrogen-bond donors (Lipinski definition) is 2. The summed E-state index contributed by atoms with van der Waals surface area (Å²) in [5.41, 5.74) is 0.576. The maximum absolute atomic E-state index is 11.3. The summed E-state index contributed by atoms with van der Waals surface area (Å²) in [6, 6.07) is 3.30. The lowest BCUT2D eigenvalue weighted by Gasteiger charge is -2.11. The van der Waals surface area contributed by atoms with Crippen LogP contribution in [0.3, 0.4) is 0 Å². The zero-order valence-corrected chi connectivity index (χ0v) is 11.2. The standard InChI is InChI=1S/C10H12Cl2N2O2S/c11-8-3-4-9(17(13,15)16)10(12)7(8)5-14-6-1-2-6/h3-4,6,14H,1-2,5H2,(H2,13,15,16). The Morgan fingerprint density at radius 3 is 2.53 bits per heavy atom. The van der Waals surface area contributed by atoms with E-state index in [1.54, 1.807) is 0 Å². The lowest BCUT2D eigenvalue weighted by atomic mass is 10.2. The maximum Gasteiger partial charge on any atom is 0.239 e. The summed E-state index contributed by atoms with van der Waals surface area (Å²) in [6.45, 7) is 0.450. The van der Waals surface area contributed by atoms with E-state index in [1.807, 2.05) is 0 Å². The van der Waals surface area contributed by atoms with Gasteiger partial charge in [-0.15, -0.1) is 0 Å². The first-order valence-electron chi connectivity index (χ1n) is 5.12. The molecule has 3 N–H and O–H groups in total. The van der Waals surface area contributed by atoms with Crippen molar-refractivity contribution in [2.45, 2.75) is 30.3 Å². The molecule has 0 aliphatic heterocycles. The number of primary sulfonamides is 1. The van der Waals surface area contributed by atoms with E-state index in [1.165, 1.54) is 12.1 Å². The van der Waals surface area contributed by atoms with Crippen molar-refractivity contribution in [1.82, 2.24) is 5.32 Å². The third-order valence-corrected chi connectivity index (χ3v) is 4.45. The summed E-state index contributed by atoms with van der Waals surface area (Å²) in [4.78, 5) is -0.0869. The van der Waals surface area contributed by atoms with Crippen molar-refractivity contribution >= 4 is 33.2 Å². The van der Waals surface area contributed by atoms with E-state index in [4.69, 9.17) is 28.3 Å². The molecule has 0 amide bonds. The average Bonchev–Trinajstić information content (AvgIpc) is 2.99. The van der Waals surface area contributed by atoms with E-state index >= 15 is 0 Å². The predicted molar refractivity (Wildman–Crippen MR) is 67.7 cm³/mol. The molecule has 0 aromatic heterocycles. The second-order valence-corrected chi connectivity index (χ2v) is 6.35. The molecule has 1 fully saturated rings. The molecule has 1 aromatic rings. The Morgan fingerprint density at radius 2 is 2.00 bits per heavy atom. The Morgan fingerprint density at radius 1 is 1.35 bits per heavy atom. The van der Waals surface area contributed by atoms with Crippen molar-refractivity contribution < 1.29 is 8.42 Å². The fraction of sp³-hybridized carbons (Fsp3) is 0.400. The SMILES string of the molecule is NS(=O)(=O)c1ccc(Cl)c(CNC2CC2)c1Cl. The zero-order chi connectivity index (χ0) is 12.6. The van der Waals surface area contributed by atoms with Crippen LogP contribution < -0.4 is 10.5 Å². The van der Waals surface area contributed by atoms with Crippen LogP contribution in [-0.2, 0) is 16.6 Å². The summed E-state index contributed by atoms with van der Waals surface area (Å²) in [5, 5.41) is 8.84. The number of nitrogens with two attached hydrogens (primary N) is 1. The lowest BCUT2D eigenvalue weighted by molar-refractivity contribution is 0.597. The topological polar surface area (TPSA) is 72.2 Å². The molecule has 1 aliphatic carbocycles. The van der Waals surface area contributed by atoms with E-state index in [2.05, 4.69) is 5.32 Å². The van der Waals surface area contributed by atoms with Crippen molar-refractivity contribution in [3.63, 3.8) is 0 Å². The van der Waals surface area contributed by atoms with Crippen LogP contribution in [0.5, 0.6) is 0 Å². The fourth-order valence-corrected chi connectivity index (χ4v) is 2.95. The van der Waals surface area contributed by atoms with Gasteiger partial charge < -0.3 is 5.32 Å². The molecule has 0 atom stereocenters. The molecule has 0 heterocycles. The highest BCUT2D eigenvalue weighted by Crippen LogP contribution is 2.31. The van der Waals surface area contributed by atoms with Gasteiger partial charge in [0.1, 0.15) is 4.90 Å². The molecule has 0 bridgehead atoms. The van der Waals surface area contributed by atoms with Crippen molar-refractivity contribution in [3.05, 3.63) is 27.7 Å². The second-order valence-electron chi connectivity index (χ2n) is 4.04. The van der Waals surface area contributed by atoms with Crippen LogP contribution in [0, 0.1) is 0 Å². The fourth-order valence-electron chi connectivity index (χ4n) is 1.49. The lowest BCUT2D eigenvalue weighted by Crippen LogP contribution is -2.18. The van der Waals surface area contributed by atoms with Crippen molar-refractivity contribution in [1.29, 1.82) is 0 Å². The summed E-state index contributed by atoms with van der Waals surface area (Å²) in [6.07, 6.45) is 2.26. The highest BCUT2D eigenvalue weighted by atomic mass is 35.5. The van der Waals surface area contributed by atoms with Crippen LogP contribution in [0.1, 0.15) is 18.4 Å². The molecule has 1 aromatic carbocycles. The Balaban J connectivity index is 2.35. The number of sulfonamides is 1. The monoisotopic (exact) mass is 294 g/mol. The van der Waals surface area contributed by atoms with Gasteiger partial charge in [-0.1, -0.05) is 23.2 Å². The summed E-state index contributed by atoms with van der Waals surface area (Å²) >= 11 is 12.0. The van der Waals surface area contributed by atoms with Crippen LogP contribution in [0.4, 0.5) is 0 Å². The van der Waals surface area contributed by atoms with Crippen LogP contribution in [0.2, 0.25) is 10.0 Å². The van der Waals surface area contributed by atoms with Gasteiger partial charge in [0.15, 0.2) is 0 Å². The molecule has 4 nitrogen and oxygen atoms in total. The van der Waals surface area contributed by atoms with Crippen LogP contribution >= 0.6 is 23.2 Å². The molecule has 2 rings (SSSR count). The first kappa shape index (κ1) is 13.1. The number of hydrogen-bond acceptors (Lipinski definition) is 3. The molecule has 94 valence electrons. The second kappa shape index (κ2) is 4.74. The highest BCUT2D eigenvalue weighted by molar-refractivity contribution is 7.89. The Labute approximate surface area is 110 Å². The van der Waals surface area contributed by atoms with E-state index < -0.39 is 10.0 Å². The van der Waals surface area contributed by atoms with E-state index in [0.29, 0.717) is 23.2 Å². The quantitative estimate of drug-likeness (QED) is 0.891. The van der Waals surface area contributed by atoms with Gasteiger partial charge in [0.2, 0.25) is 10.0 Å². The van der Waals surface area contributed by atoms with Gasteiger partial charge in [-0.05, 0) is 25.0 Å². The van der Waals surface area contributed by atoms with Gasteiger partial charge >= 0.3 is 0 Å². The minimum atomic E-state index is -3.81. The minimum absolute atomic E-state index is 0.0869. The summed E-state index contributed by atoms with van der Waals surface area (Å²) in [5.74, 6) is 0. The normalized spacial score (nSPS) is 16.2. The van der Waals surface area contributed by atoms with Gasteiger partial charge in [-0.25, -0.2) is 13.6 Å². The third-order valence-electron chi connectivity index (χ3n) is 2.60. The van der Waals surface area contributed by atoms with Gasteiger partial charge in [-0.2, -0.15) is 0 Å². The summed E-state index contributed by atoms with van der Waals surface area (Å²) < 4.78 is 22.6. The van der Waals surface area contributed by atoms with Gasteiger partial charge in [0.05, 0.1) is 5.02 Å². The van der Waals surface area contributed by atoms with Gasteiger partial charge in [0, 0.05) is 23.2 Å². The van der Waals surface area contributed by atoms with Crippen LogP contribution in [-0.4, -0.2) is 14.5 Å². The number of nitrogens with one attached hydrogen (secondary N) is 1. The van der Waals surface area contributed by atoms with Crippen LogP contribution in [0.15, 0.2) is 17.0 Å². The van der Waals surface area contributed by atoms with E-state index in [0.717, 1.165) is 12.8 Å². The zero-order valence-electron chi connectivity index (χ0n) is 8.91. The third kappa shape index (κ3) is 3.11. The molecule has 0 radical (unpaired) electrons. The molecule has 17 heavy (non-hydrogen) atoms. The van der Waals surface area contributed by atoms with E-state index in [9.17, 15) is 8.42 Å². The molecule has 7 heteroatoms. The van der Waals surface area contributed by atoms with Crippen molar-refractivity contribution in [2.75, 3.05) is 0 Å². The molecule has 1 aliphatic rings. The van der Waals surface area contributed by atoms with Crippen molar-refractivity contribution in [2.24, 2.45) is 5.14 Å². The molecular formula is C10H12Cl2N2O2S. The smallest absolute Gasteiger partial charge is 0.239 e. The first-order valence-corrected chi connectivity index (χ1v) is 7.43. The molecule has 0 spiro atoms. The Bertz CT molecular complexity index is 541. The largest absolute Gasteiger partial charge is 0.310 e. The molecule has 1 saturated carbocycles. The predicted octanol–water partition coefficient (Wildman–Crippen LogP) is 1.89. The molecule has 0 saturated heterocycles. The van der Waals surface area contributed by atoms with Crippen molar-refractivity contribution in [3.8, 4) is 0 Å². The number of halogens is 2. The van der Waals surface area contributed by atoms with E-state index in [-0.39, 0.29) is 9.92 Å². The first-order chi connectivity index (χ1) is 7.89.